The lowest BCUT2D eigenvalue weighted by Gasteiger charge is -2.34. The number of hydrogen-bond acceptors (Lipinski definition) is 3. The lowest BCUT2D eigenvalue weighted by Crippen LogP contribution is -2.47. The highest BCUT2D eigenvalue weighted by molar-refractivity contribution is 5.78. The molecule has 1 aliphatic heterocycles. The van der Waals surface area contributed by atoms with Gasteiger partial charge in [0.1, 0.15) is 0 Å². The smallest absolute Gasteiger partial charge is 0.341 e. The van der Waals surface area contributed by atoms with Gasteiger partial charge in [0.2, 0.25) is 5.91 Å². The van der Waals surface area contributed by atoms with Crippen LogP contribution in [0, 0.1) is 5.92 Å². The molecule has 1 fully saturated rings. The first-order valence-corrected chi connectivity index (χ1v) is 7.35. The summed E-state index contributed by atoms with van der Waals surface area (Å²) in [5, 5.41) is 3.05. The monoisotopic (exact) mass is 315 g/mol. The Morgan fingerprint density at radius 1 is 1.45 bits per heavy atom. The minimum atomic E-state index is -4.23. The number of likely N-dealkylation sites (tertiary alicyclic amines) is 1. The van der Waals surface area contributed by atoms with Crippen molar-refractivity contribution in [2.45, 2.75) is 32.0 Å². The zero-order valence-corrected chi connectivity index (χ0v) is 12.4. The third kappa shape index (κ3) is 4.43. The van der Waals surface area contributed by atoms with E-state index in [1.807, 2.05) is 19.1 Å². The molecule has 1 N–H and O–H groups in total. The van der Waals surface area contributed by atoms with E-state index in [0.29, 0.717) is 13.0 Å². The average molecular weight is 315 g/mol. The molecule has 2 rings (SSSR count). The highest BCUT2D eigenvalue weighted by Gasteiger charge is 2.42. The van der Waals surface area contributed by atoms with Crippen molar-refractivity contribution in [1.82, 2.24) is 15.2 Å². The van der Waals surface area contributed by atoms with E-state index in [0.717, 1.165) is 5.56 Å². The first-order valence-electron chi connectivity index (χ1n) is 7.35. The van der Waals surface area contributed by atoms with Gasteiger partial charge in [-0.3, -0.25) is 9.78 Å². The number of hydrogen-bond donors (Lipinski definition) is 1. The lowest BCUT2D eigenvalue weighted by molar-refractivity contribution is -0.187. The lowest BCUT2D eigenvalue weighted by atomic mass is 9.97. The summed E-state index contributed by atoms with van der Waals surface area (Å²) in [5.41, 5.74) is 0.981. The average Bonchev–Trinajstić information content (AvgIpc) is 2.52. The van der Waals surface area contributed by atoms with Crippen LogP contribution in [0.25, 0.3) is 0 Å². The number of alkyl halides is 3. The molecule has 2 atom stereocenters. The van der Waals surface area contributed by atoms with Crippen molar-refractivity contribution in [2.24, 2.45) is 5.92 Å². The standard InChI is InChI=1S/C15H20F3N3O/c1-11(12-4-6-19-7-5-12)20-9-14(22)21-8-2-3-13(10-21)15(16,17)18/h4-7,11,13,20H,2-3,8-10H2,1H3/t11-,13+/m1/s1. The summed E-state index contributed by atoms with van der Waals surface area (Å²) < 4.78 is 38.3. The molecular formula is C15H20F3N3O. The van der Waals surface area contributed by atoms with Crippen molar-refractivity contribution in [1.29, 1.82) is 0 Å². The molecule has 1 aliphatic rings. The number of aromatic nitrogens is 1. The molecule has 4 nitrogen and oxygen atoms in total. The van der Waals surface area contributed by atoms with Crippen LogP contribution < -0.4 is 5.32 Å². The fourth-order valence-electron chi connectivity index (χ4n) is 2.59. The molecule has 0 aliphatic carbocycles. The molecule has 1 amide bonds. The Kier molecular flexibility index (Phi) is 5.39. The first-order chi connectivity index (χ1) is 10.4. The summed E-state index contributed by atoms with van der Waals surface area (Å²) in [4.78, 5) is 17.3. The summed E-state index contributed by atoms with van der Waals surface area (Å²) in [5.74, 6) is -1.68. The van der Waals surface area contributed by atoms with Gasteiger partial charge in [-0.25, -0.2) is 0 Å². The normalized spacial score (nSPS) is 20.7. The van der Waals surface area contributed by atoms with Gasteiger partial charge in [0, 0.05) is 31.5 Å². The number of nitrogens with one attached hydrogen (secondary N) is 1. The summed E-state index contributed by atoms with van der Waals surface area (Å²) in [7, 11) is 0. The second kappa shape index (κ2) is 7.09. The van der Waals surface area contributed by atoms with Gasteiger partial charge in [0.05, 0.1) is 12.5 Å². The van der Waals surface area contributed by atoms with Gasteiger partial charge in [-0.2, -0.15) is 13.2 Å². The van der Waals surface area contributed by atoms with E-state index < -0.39 is 12.1 Å². The topological polar surface area (TPSA) is 45.2 Å². The Balaban J connectivity index is 1.84. The number of nitrogens with zero attached hydrogens (tertiary/aromatic N) is 2. The SMILES string of the molecule is C[C@@H](NCC(=O)N1CCC[C@H](C(F)(F)F)C1)c1ccncc1. The Morgan fingerprint density at radius 2 is 2.14 bits per heavy atom. The number of pyridine rings is 1. The van der Waals surface area contributed by atoms with Crippen LogP contribution in [-0.2, 0) is 4.79 Å². The third-order valence-corrected chi connectivity index (χ3v) is 4.00. The van der Waals surface area contributed by atoms with Crippen LogP contribution in [0.3, 0.4) is 0 Å². The van der Waals surface area contributed by atoms with Gasteiger partial charge in [0.15, 0.2) is 0 Å². The highest BCUT2D eigenvalue weighted by Crippen LogP contribution is 2.33. The van der Waals surface area contributed by atoms with E-state index in [4.69, 9.17) is 0 Å². The zero-order chi connectivity index (χ0) is 16.2. The number of carbonyl (C=O) groups excluding carboxylic acids is 1. The second-order valence-corrected chi connectivity index (χ2v) is 5.60. The largest absolute Gasteiger partial charge is 0.393 e. The summed E-state index contributed by atoms with van der Waals surface area (Å²) >= 11 is 0. The Bertz CT molecular complexity index is 493. The summed E-state index contributed by atoms with van der Waals surface area (Å²) in [6.07, 6.45) is -0.400. The molecule has 122 valence electrons. The zero-order valence-electron chi connectivity index (χ0n) is 12.4. The van der Waals surface area contributed by atoms with Gasteiger partial charge >= 0.3 is 6.18 Å². The number of halogens is 3. The van der Waals surface area contributed by atoms with Crippen molar-refractivity contribution in [3.63, 3.8) is 0 Å². The van der Waals surface area contributed by atoms with E-state index >= 15 is 0 Å². The van der Waals surface area contributed by atoms with Crippen molar-refractivity contribution in [2.75, 3.05) is 19.6 Å². The Hall–Kier alpha value is -1.63. The maximum atomic E-state index is 12.8. The Morgan fingerprint density at radius 3 is 2.77 bits per heavy atom. The van der Waals surface area contributed by atoms with E-state index in [1.54, 1.807) is 12.4 Å². The van der Waals surface area contributed by atoms with Gasteiger partial charge in [-0.15, -0.1) is 0 Å². The number of rotatable bonds is 4. The third-order valence-electron chi connectivity index (χ3n) is 4.00. The fraction of sp³-hybridized carbons (Fsp3) is 0.600. The van der Waals surface area contributed by atoms with Crippen LogP contribution >= 0.6 is 0 Å². The van der Waals surface area contributed by atoms with Crippen LogP contribution in [0.1, 0.15) is 31.4 Å². The van der Waals surface area contributed by atoms with E-state index in [-0.39, 0.29) is 31.5 Å². The molecule has 2 heterocycles. The van der Waals surface area contributed by atoms with Gasteiger partial charge in [0.25, 0.3) is 0 Å². The minimum absolute atomic E-state index is 0.0358. The van der Waals surface area contributed by atoms with Crippen molar-refractivity contribution < 1.29 is 18.0 Å². The van der Waals surface area contributed by atoms with E-state index in [9.17, 15) is 18.0 Å². The van der Waals surface area contributed by atoms with Crippen molar-refractivity contribution in [3.8, 4) is 0 Å². The predicted octanol–water partition coefficient (Wildman–Crippen LogP) is 2.53. The van der Waals surface area contributed by atoms with Crippen LogP contribution in [0.5, 0.6) is 0 Å². The molecule has 0 bridgehead atoms. The molecule has 22 heavy (non-hydrogen) atoms. The summed E-state index contributed by atoms with van der Waals surface area (Å²) in [6.45, 7) is 2.11. The number of amides is 1. The molecule has 0 radical (unpaired) electrons. The molecule has 0 aromatic carbocycles. The van der Waals surface area contributed by atoms with Crippen LogP contribution in [0.4, 0.5) is 13.2 Å². The van der Waals surface area contributed by atoms with Crippen LogP contribution in [0.2, 0.25) is 0 Å². The highest BCUT2D eigenvalue weighted by atomic mass is 19.4. The van der Waals surface area contributed by atoms with Crippen molar-refractivity contribution >= 4 is 5.91 Å². The van der Waals surface area contributed by atoms with Gasteiger partial charge in [-0.05, 0) is 37.5 Å². The van der Waals surface area contributed by atoms with Crippen LogP contribution in [-0.4, -0.2) is 41.6 Å². The molecule has 0 unspecified atom stereocenters. The predicted molar refractivity (Wildman–Crippen MR) is 76.0 cm³/mol. The molecule has 7 heteroatoms. The maximum absolute atomic E-state index is 12.8. The fourth-order valence-corrected chi connectivity index (χ4v) is 2.59. The summed E-state index contributed by atoms with van der Waals surface area (Å²) in [6, 6.07) is 3.61. The maximum Gasteiger partial charge on any atom is 0.393 e. The van der Waals surface area contributed by atoms with Gasteiger partial charge in [-0.1, -0.05) is 0 Å². The second-order valence-electron chi connectivity index (χ2n) is 5.60. The van der Waals surface area contributed by atoms with E-state index in [1.165, 1.54) is 4.90 Å². The quantitative estimate of drug-likeness (QED) is 0.929. The molecule has 1 aromatic heterocycles. The number of carbonyl (C=O) groups is 1. The minimum Gasteiger partial charge on any atom is -0.341 e. The molecule has 0 spiro atoms. The Labute approximate surface area is 127 Å². The molecule has 1 aromatic rings. The van der Waals surface area contributed by atoms with E-state index in [2.05, 4.69) is 10.3 Å². The molecule has 1 saturated heterocycles. The first kappa shape index (κ1) is 16.7. The van der Waals surface area contributed by atoms with Crippen molar-refractivity contribution in [3.05, 3.63) is 30.1 Å². The number of piperidine rings is 1. The van der Waals surface area contributed by atoms with Crippen LogP contribution in [0.15, 0.2) is 24.5 Å². The molecule has 0 saturated carbocycles. The molecular weight excluding hydrogens is 295 g/mol. The van der Waals surface area contributed by atoms with Gasteiger partial charge < -0.3 is 10.2 Å².